The quantitative estimate of drug-likeness (QED) is 0.817. The summed E-state index contributed by atoms with van der Waals surface area (Å²) in [7, 11) is -3.36. The first-order chi connectivity index (χ1) is 12.1. The molecular weight excluding hydrogens is 336 g/mol. The van der Waals surface area contributed by atoms with E-state index in [0.29, 0.717) is 18.0 Å². The maximum Gasteiger partial charge on any atom is 0.244 e. The summed E-state index contributed by atoms with van der Waals surface area (Å²) in [6.07, 6.45) is 8.89. The largest absolute Gasteiger partial charge is 0.354 e. The van der Waals surface area contributed by atoms with Gasteiger partial charge in [0.05, 0.1) is 0 Å². The van der Waals surface area contributed by atoms with Crippen LogP contribution in [0.2, 0.25) is 0 Å². The molecule has 2 aliphatic heterocycles. The van der Waals surface area contributed by atoms with Gasteiger partial charge in [-0.15, -0.1) is 0 Å². The first-order valence-electron chi connectivity index (χ1n) is 9.60. The average Bonchev–Trinajstić information content (AvgIpc) is 3.36. The molecule has 0 bridgehead atoms. The number of pyridine rings is 1. The fourth-order valence-corrected chi connectivity index (χ4v) is 5.84. The van der Waals surface area contributed by atoms with Gasteiger partial charge in [-0.3, -0.25) is 4.90 Å². The first kappa shape index (κ1) is 17.2. The third kappa shape index (κ3) is 3.55. The number of piperazine rings is 1. The van der Waals surface area contributed by atoms with E-state index >= 15 is 0 Å². The third-order valence-electron chi connectivity index (χ3n) is 5.90. The summed E-state index contributed by atoms with van der Waals surface area (Å²) in [5.74, 6) is 0.895. The molecule has 2 saturated heterocycles. The molecule has 0 amide bonds. The van der Waals surface area contributed by atoms with Crippen LogP contribution in [0.15, 0.2) is 23.2 Å². The normalized spacial score (nSPS) is 24.2. The van der Waals surface area contributed by atoms with Crippen molar-refractivity contribution in [3.8, 4) is 0 Å². The van der Waals surface area contributed by atoms with Crippen molar-refractivity contribution >= 4 is 15.8 Å². The Balaban J connectivity index is 1.39. The summed E-state index contributed by atoms with van der Waals surface area (Å²) in [6, 6.07) is 4.37. The summed E-state index contributed by atoms with van der Waals surface area (Å²) >= 11 is 0. The smallest absolute Gasteiger partial charge is 0.244 e. The zero-order valence-corrected chi connectivity index (χ0v) is 15.6. The molecule has 1 aromatic rings. The molecule has 1 saturated carbocycles. The van der Waals surface area contributed by atoms with Gasteiger partial charge in [-0.05, 0) is 37.8 Å². The molecule has 0 atom stereocenters. The Bertz CT molecular complexity index is 672. The van der Waals surface area contributed by atoms with Crippen LogP contribution in [-0.4, -0.2) is 67.9 Å². The lowest BCUT2D eigenvalue weighted by atomic mass is 10.2. The van der Waals surface area contributed by atoms with Crippen molar-refractivity contribution in [3.63, 3.8) is 0 Å². The van der Waals surface area contributed by atoms with Gasteiger partial charge in [0.25, 0.3) is 0 Å². The number of hydrogen-bond donors (Lipinski definition) is 0. The van der Waals surface area contributed by atoms with Crippen LogP contribution in [0.25, 0.3) is 0 Å². The average molecular weight is 365 g/mol. The van der Waals surface area contributed by atoms with Gasteiger partial charge in [-0.2, -0.15) is 4.31 Å². The van der Waals surface area contributed by atoms with Gasteiger partial charge in [0.2, 0.25) is 10.0 Å². The molecule has 0 N–H and O–H groups in total. The maximum absolute atomic E-state index is 12.6. The molecule has 7 heteroatoms. The van der Waals surface area contributed by atoms with E-state index in [1.165, 1.54) is 31.9 Å². The highest BCUT2D eigenvalue weighted by Gasteiger charge is 2.29. The fourth-order valence-electron chi connectivity index (χ4n) is 4.38. The summed E-state index contributed by atoms with van der Waals surface area (Å²) in [4.78, 5) is 9.68. The van der Waals surface area contributed by atoms with E-state index in [4.69, 9.17) is 0 Å². The van der Waals surface area contributed by atoms with Gasteiger partial charge in [0.1, 0.15) is 10.7 Å². The molecule has 25 heavy (non-hydrogen) atoms. The zero-order valence-electron chi connectivity index (χ0n) is 14.8. The Labute approximate surface area is 150 Å². The predicted octanol–water partition coefficient (Wildman–Crippen LogP) is 1.93. The second-order valence-corrected chi connectivity index (χ2v) is 9.36. The molecular formula is C18H28N4O2S. The van der Waals surface area contributed by atoms with Crippen molar-refractivity contribution < 1.29 is 8.42 Å². The molecule has 138 valence electrons. The minimum absolute atomic E-state index is 0.322. The van der Waals surface area contributed by atoms with Crippen LogP contribution in [0.3, 0.4) is 0 Å². The van der Waals surface area contributed by atoms with E-state index in [1.54, 1.807) is 10.4 Å². The first-order valence-corrected chi connectivity index (χ1v) is 11.0. The van der Waals surface area contributed by atoms with Crippen LogP contribution >= 0.6 is 0 Å². The molecule has 3 aliphatic rings. The van der Waals surface area contributed by atoms with Crippen LogP contribution in [0, 0.1) is 0 Å². The van der Waals surface area contributed by atoms with Crippen molar-refractivity contribution in [2.45, 2.75) is 49.5 Å². The van der Waals surface area contributed by atoms with E-state index in [-0.39, 0.29) is 0 Å². The van der Waals surface area contributed by atoms with Crippen LogP contribution < -0.4 is 4.90 Å². The molecule has 1 aliphatic carbocycles. The zero-order chi connectivity index (χ0) is 17.3. The van der Waals surface area contributed by atoms with E-state index in [2.05, 4.69) is 14.8 Å². The topological polar surface area (TPSA) is 56.8 Å². The Kier molecular flexibility index (Phi) is 4.97. The maximum atomic E-state index is 12.6. The molecule has 0 aromatic carbocycles. The molecule has 0 spiro atoms. The Morgan fingerprint density at radius 2 is 1.56 bits per heavy atom. The van der Waals surface area contributed by atoms with E-state index in [1.807, 2.05) is 6.07 Å². The van der Waals surface area contributed by atoms with Crippen LogP contribution in [0.5, 0.6) is 0 Å². The lowest BCUT2D eigenvalue weighted by molar-refractivity contribution is 0.187. The SMILES string of the molecule is O=S(=O)(c1ccc(N2CCN(C3CCCC3)CC2)nc1)N1CCCC1. The predicted molar refractivity (Wildman–Crippen MR) is 98.3 cm³/mol. The number of sulfonamides is 1. The fraction of sp³-hybridized carbons (Fsp3) is 0.722. The molecule has 4 rings (SSSR count). The van der Waals surface area contributed by atoms with Gasteiger partial charge >= 0.3 is 0 Å². The van der Waals surface area contributed by atoms with Crippen molar-refractivity contribution in [1.82, 2.24) is 14.2 Å². The number of rotatable bonds is 4. The van der Waals surface area contributed by atoms with E-state index < -0.39 is 10.0 Å². The molecule has 3 heterocycles. The minimum Gasteiger partial charge on any atom is -0.354 e. The van der Waals surface area contributed by atoms with Gasteiger partial charge in [-0.25, -0.2) is 13.4 Å². The number of nitrogens with zero attached hydrogens (tertiary/aromatic N) is 4. The summed E-state index contributed by atoms with van der Waals surface area (Å²) in [5.41, 5.74) is 0. The van der Waals surface area contributed by atoms with E-state index in [9.17, 15) is 8.42 Å². The van der Waals surface area contributed by atoms with Gasteiger partial charge in [0, 0.05) is 51.5 Å². The molecule has 0 unspecified atom stereocenters. The minimum atomic E-state index is -3.36. The highest BCUT2D eigenvalue weighted by molar-refractivity contribution is 7.89. The summed E-state index contributed by atoms with van der Waals surface area (Å²) < 4.78 is 26.7. The molecule has 0 radical (unpaired) electrons. The number of aromatic nitrogens is 1. The second kappa shape index (κ2) is 7.21. The van der Waals surface area contributed by atoms with Gasteiger partial charge in [-0.1, -0.05) is 12.8 Å². The number of hydrogen-bond acceptors (Lipinski definition) is 5. The Hall–Kier alpha value is -1.18. The molecule has 1 aromatic heterocycles. The highest BCUT2D eigenvalue weighted by Crippen LogP contribution is 2.26. The van der Waals surface area contributed by atoms with Gasteiger partial charge < -0.3 is 4.90 Å². The lowest BCUT2D eigenvalue weighted by Gasteiger charge is -2.38. The van der Waals surface area contributed by atoms with Gasteiger partial charge in [0.15, 0.2) is 0 Å². The monoisotopic (exact) mass is 364 g/mol. The summed E-state index contributed by atoms with van der Waals surface area (Å²) in [6.45, 7) is 5.38. The van der Waals surface area contributed by atoms with Crippen LogP contribution in [-0.2, 0) is 10.0 Å². The Morgan fingerprint density at radius 1 is 0.880 bits per heavy atom. The third-order valence-corrected chi connectivity index (χ3v) is 7.79. The van der Waals surface area contributed by atoms with Crippen molar-refractivity contribution in [2.75, 3.05) is 44.2 Å². The van der Waals surface area contributed by atoms with Crippen LogP contribution in [0.1, 0.15) is 38.5 Å². The summed E-state index contributed by atoms with van der Waals surface area (Å²) in [5, 5.41) is 0. The second-order valence-electron chi connectivity index (χ2n) is 7.42. The molecule has 6 nitrogen and oxygen atoms in total. The number of anilines is 1. The molecule has 3 fully saturated rings. The van der Waals surface area contributed by atoms with Crippen LogP contribution in [0.4, 0.5) is 5.82 Å². The van der Waals surface area contributed by atoms with Crippen molar-refractivity contribution in [1.29, 1.82) is 0 Å². The lowest BCUT2D eigenvalue weighted by Crippen LogP contribution is -2.50. The van der Waals surface area contributed by atoms with Crippen molar-refractivity contribution in [2.24, 2.45) is 0 Å². The highest BCUT2D eigenvalue weighted by atomic mass is 32.2. The standard InChI is InChI=1S/C18H28N4O2S/c23-25(24,22-9-3-4-10-22)17-7-8-18(19-15-17)21-13-11-20(12-14-21)16-5-1-2-6-16/h7-8,15-16H,1-6,9-14H2. The Morgan fingerprint density at radius 3 is 2.16 bits per heavy atom. The van der Waals surface area contributed by atoms with Crippen molar-refractivity contribution in [3.05, 3.63) is 18.3 Å². The van der Waals surface area contributed by atoms with E-state index in [0.717, 1.165) is 50.9 Å².